The summed E-state index contributed by atoms with van der Waals surface area (Å²) >= 11 is 0. The molecule has 35 heavy (non-hydrogen) atoms. The van der Waals surface area contributed by atoms with Gasteiger partial charge in [0.2, 0.25) is 0 Å². The number of piperidine rings is 1. The van der Waals surface area contributed by atoms with Crippen LogP contribution in [0.2, 0.25) is 0 Å². The van der Waals surface area contributed by atoms with Crippen LogP contribution in [-0.2, 0) is 12.7 Å². The van der Waals surface area contributed by atoms with Crippen molar-refractivity contribution < 1.29 is 22.7 Å². The number of hydrogen-bond donors (Lipinski definition) is 1. The van der Waals surface area contributed by atoms with Gasteiger partial charge >= 0.3 is 6.18 Å². The molecular formula is C27H30F3N3O2. The molecule has 0 bridgehead atoms. The lowest BCUT2D eigenvalue weighted by Crippen LogP contribution is -2.38. The molecule has 4 rings (SSSR count). The van der Waals surface area contributed by atoms with Crippen molar-refractivity contribution in [1.82, 2.24) is 14.8 Å². The number of nitrogens with one attached hydrogen (secondary N) is 1. The highest BCUT2D eigenvalue weighted by molar-refractivity contribution is 6.00. The number of carbonyl (C=O) groups is 1. The van der Waals surface area contributed by atoms with Crippen molar-refractivity contribution in [3.63, 3.8) is 0 Å². The monoisotopic (exact) mass is 485 g/mol. The minimum absolute atomic E-state index is 0.222. The maximum Gasteiger partial charge on any atom is 0.416 e. The predicted molar refractivity (Wildman–Crippen MR) is 131 cm³/mol. The van der Waals surface area contributed by atoms with Crippen molar-refractivity contribution in [2.45, 2.75) is 32.0 Å². The Morgan fingerprint density at radius 2 is 1.83 bits per heavy atom. The molecule has 1 N–H and O–H groups in total. The molecule has 1 aliphatic heterocycles. The Kier molecular flexibility index (Phi) is 7.80. The second kappa shape index (κ2) is 11.0. The number of carbonyl (C=O) groups excluding carboxylic acids is 1. The molecule has 2 heterocycles. The van der Waals surface area contributed by atoms with Crippen molar-refractivity contribution in [1.29, 1.82) is 0 Å². The van der Waals surface area contributed by atoms with E-state index in [0.717, 1.165) is 42.7 Å². The molecule has 3 aromatic rings. The van der Waals surface area contributed by atoms with Crippen molar-refractivity contribution in [3.8, 4) is 5.75 Å². The standard InChI is InChI=1S/C27H30F3N3O2/c1-2-17-35-25-8-6-7-23-22(25)18-24(26(34)31-13-16-32-14-4-3-5-15-32)33(23)19-20-9-11-21(12-10-20)27(28,29)30/h2,6-12,18H,1,3-5,13-17,19H2,(H,31,34). The molecule has 2 aromatic carbocycles. The number of likely N-dealkylation sites (tertiary alicyclic amines) is 1. The number of alkyl halides is 3. The fourth-order valence-electron chi connectivity index (χ4n) is 4.47. The van der Waals surface area contributed by atoms with Crippen LogP contribution in [0.15, 0.2) is 61.2 Å². The molecule has 0 spiro atoms. The summed E-state index contributed by atoms with van der Waals surface area (Å²) < 4.78 is 46.6. The van der Waals surface area contributed by atoms with Gasteiger partial charge in [0.1, 0.15) is 18.1 Å². The van der Waals surface area contributed by atoms with Gasteiger partial charge in [0, 0.05) is 25.0 Å². The molecule has 0 radical (unpaired) electrons. The second-order valence-corrected chi connectivity index (χ2v) is 8.76. The molecular weight excluding hydrogens is 455 g/mol. The summed E-state index contributed by atoms with van der Waals surface area (Å²) in [5.74, 6) is 0.399. The molecule has 1 aromatic heterocycles. The highest BCUT2D eigenvalue weighted by Gasteiger charge is 2.30. The van der Waals surface area contributed by atoms with E-state index in [2.05, 4.69) is 16.8 Å². The van der Waals surface area contributed by atoms with Crippen LogP contribution >= 0.6 is 0 Å². The number of halogens is 3. The maximum absolute atomic E-state index is 13.2. The van der Waals surface area contributed by atoms with Crippen LogP contribution in [-0.4, -0.2) is 48.2 Å². The number of rotatable bonds is 9. The average Bonchev–Trinajstić information content (AvgIpc) is 3.22. The number of amides is 1. The van der Waals surface area contributed by atoms with Crippen LogP contribution in [0.1, 0.15) is 40.9 Å². The molecule has 0 atom stereocenters. The van der Waals surface area contributed by atoms with Gasteiger partial charge in [0.25, 0.3) is 5.91 Å². The molecule has 1 aliphatic rings. The molecule has 1 fully saturated rings. The Bertz CT molecular complexity index is 1160. The number of nitrogens with zero attached hydrogens (tertiary/aromatic N) is 2. The summed E-state index contributed by atoms with van der Waals surface area (Å²) in [6.45, 7) is 7.67. The summed E-state index contributed by atoms with van der Waals surface area (Å²) in [6.07, 6.45) is 0.872. The van der Waals surface area contributed by atoms with Gasteiger partial charge < -0.3 is 19.5 Å². The maximum atomic E-state index is 13.2. The fourth-order valence-corrected chi connectivity index (χ4v) is 4.47. The molecule has 0 aliphatic carbocycles. The third kappa shape index (κ3) is 6.06. The van der Waals surface area contributed by atoms with Gasteiger partial charge in [-0.05, 0) is 61.8 Å². The minimum atomic E-state index is -4.39. The van der Waals surface area contributed by atoms with E-state index in [0.29, 0.717) is 30.2 Å². The van der Waals surface area contributed by atoms with E-state index >= 15 is 0 Å². The Hall–Kier alpha value is -3.26. The number of ether oxygens (including phenoxy) is 1. The van der Waals surface area contributed by atoms with E-state index in [1.54, 1.807) is 12.1 Å². The number of benzene rings is 2. The number of aromatic nitrogens is 1. The van der Waals surface area contributed by atoms with Crippen molar-refractivity contribution >= 4 is 16.8 Å². The van der Waals surface area contributed by atoms with Crippen LogP contribution in [0.4, 0.5) is 13.2 Å². The van der Waals surface area contributed by atoms with Crippen LogP contribution < -0.4 is 10.1 Å². The molecule has 1 saturated heterocycles. The second-order valence-electron chi connectivity index (χ2n) is 8.76. The van der Waals surface area contributed by atoms with Gasteiger partial charge in [0.05, 0.1) is 11.1 Å². The average molecular weight is 486 g/mol. The molecule has 8 heteroatoms. The van der Waals surface area contributed by atoms with Crippen LogP contribution in [0, 0.1) is 0 Å². The first-order chi connectivity index (χ1) is 16.9. The van der Waals surface area contributed by atoms with Gasteiger partial charge in [-0.3, -0.25) is 4.79 Å². The van der Waals surface area contributed by atoms with Gasteiger partial charge in [0.15, 0.2) is 0 Å². The Balaban J connectivity index is 1.60. The summed E-state index contributed by atoms with van der Waals surface area (Å²) in [7, 11) is 0. The lowest BCUT2D eigenvalue weighted by Gasteiger charge is -2.26. The smallest absolute Gasteiger partial charge is 0.416 e. The zero-order chi connectivity index (χ0) is 24.8. The van der Waals surface area contributed by atoms with Gasteiger partial charge in [-0.25, -0.2) is 0 Å². The lowest BCUT2D eigenvalue weighted by atomic mass is 10.1. The summed E-state index contributed by atoms with van der Waals surface area (Å²) in [5, 5.41) is 3.78. The van der Waals surface area contributed by atoms with Crippen LogP contribution in [0.3, 0.4) is 0 Å². The Labute approximate surface area is 203 Å². The van der Waals surface area contributed by atoms with Crippen molar-refractivity contribution in [2.24, 2.45) is 0 Å². The fraction of sp³-hybridized carbons (Fsp3) is 0.370. The topological polar surface area (TPSA) is 46.5 Å². The van der Waals surface area contributed by atoms with Gasteiger partial charge in [-0.2, -0.15) is 13.2 Å². The highest BCUT2D eigenvalue weighted by Crippen LogP contribution is 2.31. The van der Waals surface area contributed by atoms with Gasteiger partial charge in [-0.1, -0.05) is 37.3 Å². The molecule has 1 amide bonds. The summed E-state index contributed by atoms with van der Waals surface area (Å²) in [6, 6.07) is 12.4. The van der Waals surface area contributed by atoms with E-state index < -0.39 is 11.7 Å². The molecule has 5 nitrogen and oxygen atoms in total. The minimum Gasteiger partial charge on any atom is -0.489 e. The van der Waals surface area contributed by atoms with E-state index in [9.17, 15) is 18.0 Å². The van der Waals surface area contributed by atoms with Crippen LogP contribution in [0.5, 0.6) is 5.75 Å². The van der Waals surface area contributed by atoms with Gasteiger partial charge in [-0.15, -0.1) is 0 Å². The Morgan fingerprint density at radius 1 is 1.09 bits per heavy atom. The molecule has 0 saturated carbocycles. The first-order valence-electron chi connectivity index (χ1n) is 11.9. The summed E-state index contributed by atoms with van der Waals surface area (Å²) in [5.41, 5.74) is 1.17. The quantitative estimate of drug-likeness (QED) is 0.408. The normalized spacial score (nSPS) is 14.7. The van der Waals surface area contributed by atoms with E-state index in [1.165, 1.54) is 31.4 Å². The molecule has 186 valence electrons. The summed E-state index contributed by atoms with van der Waals surface area (Å²) in [4.78, 5) is 15.6. The van der Waals surface area contributed by atoms with E-state index in [1.807, 2.05) is 22.8 Å². The number of hydrogen-bond acceptors (Lipinski definition) is 3. The van der Waals surface area contributed by atoms with E-state index in [4.69, 9.17) is 4.74 Å². The van der Waals surface area contributed by atoms with E-state index in [-0.39, 0.29) is 12.5 Å². The third-order valence-corrected chi connectivity index (χ3v) is 6.28. The number of fused-ring (bicyclic) bond motifs is 1. The van der Waals surface area contributed by atoms with Crippen molar-refractivity contribution in [2.75, 3.05) is 32.8 Å². The zero-order valence-corrected chi connectivity index (χ0v) is 19.6. The predicted octanol–water partition coefficient (Wildman–Crippen LogP) is 5.49. The van der Waals surface area contributed by atoms with Crippen LogP contribution in [0.25, 0.3) is 10.9 Å². The SMILES string of the molecule is C=CCOc1cccc2c1cc(C(=O)NCCN1CCCCC1)n2Cc1ccc(C(F)(F)F)cc1. The van der Waals surface area contributed by atoms with Crippen molar-refractivity contribution in [3.05, 3.63) is 78.0 Å². The highest BCUT2D eigenvalue weighted by atomic mass is 19.4. The Morgan fingerprint density at radius 3 is 2.51 bits per heavy atom. The molecule has 0 unspecified atom stereocenters. The zero-order valence-electron chi connectivity index (χ0n) is 19.6. The largest absolute Gasteiger partial charge is 0.489 e. The third-order valence-electron chi connectivity index (χ3n) is 6.28. The first-order valence-corrected chi connectivity index (χ1v) is 11.9. The lowest BCUT2D eigenvalue weighted by molar-refractivity contribution is -0.137. The first kappa shape index (κ1) is 24.9.